The van der Waals surface area contributed by atoms with Gasteiger partial charge < -0.3 is 19.7 Å². The highest BCUT2D eigenvalue weighted by molar-refractivity contribution is 7.91. The summed E-state index contributed by atoms with van der Waals surface area (Å²) in [5.41, 5.74) is -1.19. The number of aliphatic carboxylic acids is 1. The summed E-state index contributed by atoms with van der Waals surface area (Å²) in [6, 6.07) is 19.0. The summed E-state index contributed by atoms with van der Waals surface area (Å²) in [5, 5.41) is 19.9. The largest absolute Gasteiger partial charge is 0.494 e. The van der Waals surface area contributed by atoms with E-state index in [0.29, 0.717) is 34.9 Å². The lowest BCUT2D eigenvalue weighted by atomic mass is 9.86. The number of rotatable bonds is 11. The zero-order chi connectivity index (χ0) is 27.3. The molecule has 0 amide bonds. The molecule has 11 heteroatoms. The van der Waals surface area contributed by atoms with Gasteiger partial charge in [-0.15, -0.1) is 0 Å². The van der Waals surface area contributed by atoms with Crippen LogP contribution >= 0.6 is 23.2 Å². The Morgan fingerprint density at radius 1 is 1.05 bits per heavy atom. The summed E-state index contributed by atoms with van der Waals surface area (Å²) in [6.45, 7) is 0.344. The van der Waals surface area contributed by atoms with Gasteiger partial charge in [0, 0.05) is 40.6 Å². The Morgan fingerprint density at radius 3 is 2.39 bits per heavy atom. The molecular formula is C27H25Cl2NO7S. The van der Waals surface area contributed by atoms with Crippen LogP contribution < -0.4 is 4.74 Å². The minimum absolute atomic E-state index is 0.00857. The van der Waals surface area contributed by atoms with E-state index in [-0.39, 0.29) is 28.8 Å². The van der Waals surface area contributed by atoms with E-state index in [4.69, 9.17) is 37.8 Å². The van der Waals surface area contributed by atoms with Crippen molar-refractivity contribution in [1.29, 1.82) is 0 Å². The molecule has 0 unspecified atom stereocenters. The van der Waals surface area contributed by atoms with Crippen molar-refractivity contribution in [3.05, 3.63) is 94.0 Å². The van der Waals surface area contributed by atoms with E-state index in [9.17, 15) is 18.3 Å². The number of carboxylic acids is 1. The average Bonchev–Trinajstić information content (AvgIpc) is 3.29. The lowest BCUT2D eigenvalue weighted by Gasteiger charge is -2.28. The van der Waals surface area contributed by atoms with E-state index in [0.717, 1.165) is 0 Å². The number of ether oxygens (including phenoxy) is 2. The number of aliphatic hydroxyl groups is 1. The highest BCUT2D eigenvalue weighted by atomic mass is 35.5. The van der Waals surface area contributed by atoms with Crippen LogP contribution in [0.15, 0.2) is 82.7 Å². The first-order valence-corrected chi connectivity index (χ1v) is 14.1. The van der Waals surface area contributed by atoms with E-state index in [2.05, 4.69) is 4.99 Å². The van der Waals surface area contributed by atoms with Gasteiger partial charge in [-0.2, -0.15) is 0 Å². The van der Waals surface area contributed by atoms with Gasteiger partial charge in [-0.25, -0.2) is 18.2 Å². The first-order chi connectivity index (χ1) is 18.2. The summed E-state index contributed by atoms with van der Waals surface area (Å²) in [7, 11) is -3.82. The Kier molecular flexibility index (Phi) is 8.62. The standard InChI is InChI=1S/C27H25Cl2NO7S/c28-19-9-12-22(23(29)17-19)24-27(26(32)33,13-16-38(34,35)21-5-2-1-3-6-21)30-25(37-24)18-7-10-20(11-8-18)36-15-4-14-31/h1-3,5-12,17,24,31H,4,13-16H2,(H,32,33)/t24-,27-/m1/s1. The van der Waals surface area contributed by atoms with Gasteiger partial charge in [-0.05, 0) is 48.5 Å². The smallest absolute Gasteiger partial charge is 0.336 e. The molecule has 1 aliphatic rings. The normalized spacial score (nSPS) is 19.0. The Labute approximate surface area is 230 Å². The fraction of sp³-hybridized carbons (Fsp3) is 0.259. The molecule has 1 heterocycles. The third kappa shape index (κ3) is 5.96. The molecule has 4 rings (SSSR count). The molecule has 3 aromatic rings. The molecule has 0 radical (unpaired) electrons. The number of carboxylic acid groups (broad SMARTS) is 1. The van der Waals surface area contributed by atoms with Crippen molar-refractivity contribution in [2.45, 2.75) is 29.4 Å². The number of hydrogen-bond donors (Lipinski definition) is 2. The van der Waals surface area contributed by atoms with Crippen molar-refractivity contribution >= 4 is 44.9 Å². The van der Waals surface area contributed by atoms with E-state index in [1.54, 1.807) is 54.6 Å². The Morgan fingerprint density at radius 2 is 1.76 bits per heavy atom. The Bertz CT molecular complexity index is 1430. The number of nitrogens with zero attached hydrogens (tertiary/aromatic N) is 1. The van der Waals surface area contributed by atoms with Crippen molar-refractivity contribution in [1.82, 2.24) is 0 Å². The van der Waals surface area contributed by atoms with Crippen molar-refractivity contribution in [2.24, 2.45) is 4.99 Å². The van der Waals surface area contributed by atoms with Crippen LogP contribution in [0, 0.1) is 0 Å². The molecule has 3 aromatic carbocycles. The molecular weight excluding hydrogens is 553 g/mol. The summed E-state index contributed by atoms with van der Waals surface area (Å²) >= 11 is 12.5. The van der Waals surface area contributed by atoms with E-state index < -0.39 is 33.2 Å². The van der Waals surface area contributed by atoms with Gasteiger partial charge in [-0.1, -0.05) is 47.5 Å². The topological polar surface area (TPSA) is 122 Å². The van der Waals surface area contributed by atoms with E-state index >= 15 is 0 Å². The van der Waals surface area contributed by atoms with Crippen LogP contribution in [0.5, 0.6) is 5.75 Å². The Hall–Kier alpha value is -3.11. The molecule has 2 atom stereocenters. The van der Waals surface area contributed by atoms with Gasteiger partial charge in [-0.3, -0.25) is 0 Å². The second-order valence-corrected chi connectivity index (χ2v) is 11.6. The first kappa shape index (κ1) is 27.9. The summed E-state index contributed by atoms with van der Waals surface area (Å²) in [6.07, 6.45) is -1.10. The molecule has 200 valence electrons. The molecule has 0 fully saturated rings. The highest BCUT2D eigenvalue weighted by Crippen LogP contribution is 2.45. The van der Waals surface area contributed by atoms with Crippen LogP contribution in [-0.4, -0.2) is 55.0 Å². The SMILES string of the molecule is O=C(O)[C@]1(CCS(=O)(=O)c2ccccc2)N=C(c2ccc(OCCCO)cc2)O[C@@H]1c1ccc(Cl)cc1Cl. The van der Waals surface area contributed by atoms with Crippen LogP contribution in [-0.2, 0) is 19.4 Å². The molecule has 0 spiro atoms. The zero-order valence-electron chi connectivity index (χ0n) is 20.1. The van der Waals surface area contributed by atoms with E-state index in [1.807, 2.05) is 0 Å². The third-order valence-corrected chi connectivity index (χ3v) is 8.40. The minimum atomic E-state index is -3.82. The zero-order valence-corrected chi connectivity index (χ0v) is 22.4. The average molecular weight is 578 g/mol. The van der Waals surface area contributed by atoms with Crippen LogP contribution in [0.25, 0.3) is 0 Å². The van der Waals surface area contributed by atoms with Gasteiger partial charge in [0.1, 0.15) is 5.75 Å². The van der Waals surface area contributed by atoms with Gasteiger partial charge in [0.05, 0.1) is 17.3 Å². The maximum absolute atomic E-state index is 13.1. The quantitative estimate of drug-likeness (QED) is 0.309. The van der Waals surface area contributed by atoms with Crippen LogP contribution in [0.3, 0.4) is 0 Å². The first-order valence-electron chi connectivity index (χ1n) is 11.7. The molecule has 8 nitrogen and oxygen atoms in total. The predicted molar refractivity (Wildman–Crippen MR) is 144 cm³/mol. The van der Waals surface area contributed by atoms with Gasteiger partial charge in [0.25, 0.3) is 0 Å². The van der Waals surface area contributed by atoms with E-state index in [1.165, 1.54) is 18.2 Å². The second-order valence-electron chi connectivity index (χ2n) is 8.64. The van der Waals surface area contributed by atoms with Crippen LogP contribution in [0.4, 0.5) is 0 Å². The number of aliphatic hydroxyl groups excluding tert-OH is 1. The van der Waals surface area contributed by atoms with Crippen molar-refractivity contribution in [3.8, 4) is 5.75 Å². The molecule has 38 heavy (non-hydrogen) atoms. The summed E-state index contributed by atoms with van der Waals surface area (Å²) in [5.74, 6) is -1.25. The third-order valence-electron chi connectivity index (χ3n) is 6.11. The van der Waals surface area contributed by atoms with Crippen molar-refractivity contribution < 1.29 is 32.9 Å². The van der Waals surface area contributed by atoms with Crippen LogP contribution in [0.2, 0.25) is 10.0 Å². The maximum atomic E-state index is 13.1. The van der Waals surface area contributed by atoms with Gasteiger partial charge in [0.15, 0.2) is 15.9 Å². The van der Waals surface area contributed by atoms with Gasteiger partial charge >= 0.3 is 5.97 Å². The highest BCUT2D eigenvalue weighted by Gasteiger charge is 2.54. The minimum Gasteiger partial charge on any atom is -0.494 e. The number of benzene rings is 3. The number of carbonyl (C=O) groups is 1. The fourth-order valence-electron chi connectivity index (χ4n) is 4.08. The second kappa shape index (κ2) is 11.7. The summed E-state index contributed by atoms with van der Waals surface area (Å²) < 4.78 is 37.8. The maximum Gasteiger partial charge on any atom is 0.336 e. The van der Waals surface area contributed by atoms with Crippen molar-refractivity contribution in [3.63, 3.8) is 0 Å². The molecule has 1 aliphatic heterocycles. The number of hydrogen-bond acceptors (Lipinski definition) is 7. The lowest BCUT2D eigenvalue weighted by molar-refractivity contribution is -0.146. The monoisotopic (exact) mass is 577 g/mol. The van der Waals surface area contributed by atoms with Crippen molar-refractivity contribution in [2.75, 3.05) is 19.0 Å². The number of sulfone groups is 1. The van der Waals surface area contributed by atoms with Crippen LogP contribution in [0.1, 0.15) is 30.1 Å². The Balaban J connectivity index is 1.72. The molecule has 0 bridgehead atoms. The molecule has 2 N–H and O–H groups in total. The fourth-order valence-corrected chi connectivity index (χ4v) is 5.98. The predicted octanol–water partition coefficient (Wildman–Crippen LogP) is 4.96. The number of aliphatic imine (C=N–C) groups is 1. The molecule has 0 aliphatic carbocycles. The number of halogens is 2. The van der Waals surface area contributed by atoms with Gasteiger partial charge in [0.2, 0.25) is 11.4 Å². The lowest BCUT2D eigenvalue weighted by Crippen LogP contribution is -2.42. The molecule has 0 aromatic heterocycles. The summed E-state index contributed by atoms with van der Waals surface area (Å²) in [4.78, 5) is 17.4. The molecule has 0 saturated carbocycles. The molecule has 0 saturated heterocycles.